The van der Waals surface area contributed by atoms with Crippen molar-refractivity contribution in [3.05, 3.63) is 54.6 Å². The fourth-order valence-electron chi connectivity index (χ4n) is 2.93. The monoisotopic (exact) mass is 268 g/mol. The Balaban J connectivity index is 0.00000110. The van der Waals surface area contributed by atoms with E-state index in [1.807, 2.05) is 6.07 Å². The van der Waals surface area contributed by atoms with Crippen molar-refractivity contribution in [2.45, 2.75) is 0 Å². The number of hydrogen-bond donors (Lipinski definition) is 2. The Hall–Kier alpha value is -2.03. The molecule has 0 radical (unpaired) electrons. The SMILES string of the molecule is Cl.NNc1ccc2c3c(cccc13)-c1ccccc1-2. The second-order valence-corrected chi connectivity index (χ2v) is 4.58. The number of rotatable bonds is 1. The van der Waals surface area contributed by atoms with Gasteiger partial charge in [-0.2, -0.15) is 0 Å². The van der Waals surface area contributed by atoms with Crippen LogP contribution < -0.4 is 11.3 Å². The van der Waals surface area contributed by atoms with Crippen LogP contribution in [0.15, 0.2) is 54.6 Å². The van der Waals surface area contributed by atoms with Gasteiger partial charge in [-0.15, -0.1) is 12.4 Å². The van der Waals surface area contributed by atoms with Crippen molar-refractivity contribution >= 4 is 28.9 Å². The smallest absolute Gasteiger partial charge is 0.0564 e. The average Bonchev–Trinajstić information content (AvgIpc) is 2.77. The molecule has 0 unspecified atom stereocenters. The van der Waals surface area contributed by atoms with Crippen LogP contribution in [0.5, 0.6) is 0 Å². The molecular formula is C16H13ClN2. The number of nitrogen functional groups attached to an aromatic ring is 1. The van der Waals surface area contributed by atoms with Crippen LogP contribution in [-0.2, 0) is 0 Å². The molecule has 3 N–H and O–H groups in total. The Labute approximate surface area is 117 Å². The van der Waals surface area contributed by atoms with Crippen molar-refractivity contribution < 1.29 is 0 Å². The maximum absolute atomic E-state index is 5.59. The van der Waals surface area contributed by atoms with Gasteiger partial charge in [-0.3, -0.25) is 5.84 Å². The highest BCUT2D eigenvalue weighted by molar-refractivity contribution is 6.18. The lowest BCUT2D eigenvalue weighted by Gasteiger charge is -2.07. The lowest BCUT2D eigenvalue weighted by atomic mass is 10.0. The summed E-state index contributed by atoms with van der Waals surface area (Å²) in [6.45, 7) is 0. The molecule has 0 heterocycles. The van der Waals surface area contributed by atoms with Gasteiger partial charge in [-0.1, -0.05) is 48.5 Å². The van der Waals surface area contributed by atoms with Crippen molar-refractivity contribution in [1.82, 2.24) is 0 Å². The summed E-state index contributed by atoms with van der Waals surface area (Å²) >= 11 is 0. The van der Waals surface area contributed by atoms with Gasteiger partial charge in [0.25, 0.3) is 0 Å². The highest BCUT2D eigenvalue weighted by atomic mass is 35.5. The van der Waals surface area contributed by atoms with Crippen molar-refractivity contribution in [3.63, 3.8) is 0 Å². The second-order valence-electron chi connectivity index (χ2n) is 4.58. The molecule has 0 atom stereocenters. The summed E-state index contributed by atoms with van der Waals surface area (Å²) in [5.41, 5.74) is 8.98. The van der Waals surface area contributed by atoms with E-state index in [0.717, 1.165) is 5.69 Å². The minimum Gasteiger partial charge on any atom is -0.324 e. The van der Waals surface area contributed by atoms with E-state index >= 15 is 0 Å². The first-order valence-corrected chi connectivity index (χ1v) is 6.02. The number of fused-ring (bicyclic) bond motifs is 3. The van der Waals surface area contributed by atoms with Gasteiger partial charge in [0.1, 0.15) is 0 Å². The quantitative estimate of drug-likeness (QED) is 0.401. The van der Waals surface area contributed by atoms with Gasteiger partial charge in [0.05, 0.1) is 5.69 Å². The lowest BCUT2D eigenvalue weighted by molar-refractivity contribution is 1.37. The molecule has 0 spiro atoms. The topological polar surface area (TPSA) is 38.0 Å². The molecule has 4 rings (SSSR count). The van der Waals surface area contributed by atoms with E-state index in [1.54, 1.807) is 0 Å². The molecular weight excluding hydrogens is 256 g/mol. The van der Waals surface area contributed by atoms with Crippen molar-refractivity contribution in [2.24, 2.45) is 5.84 Å². The predicted molar refractivity (Wildman–Crippen MR) is 83.4 cm³/mol. The summed E-state index contributed by atoms with van der Waals surface area (Å²) in [6.07, 6.45) is 0. The highest BCUT2D eigenvalue weighted by Gasteiger charge is 2.21. The van der Waals surface area contributed by atoms with E-state index in [0.29, 0.717) is 0 Å². The number of anilines is 1. The predicted octanol–water partition coefficient (Wildman–Crippen LogP) is 4.19. The van der Waals surface area contributed by atoms with Crippen molar-refractivity contribution in [2.75, 3.05) is 5.43 Å². The molecule has 3 heteroatoms. The maximum Gasteiger partial charge on any atom is 0.0564 e. The van der Waals surface area contributed by atoms with Crippen LogP contribution in [0.3, 0.4) is 0 Å². The molecule has 0 saturated heterocycles. The zero-order valence-electron chi connectivity index (χ0n) is 10.2. The first-order valence-electron chi connectivity index (χ1n) is 6.02. The third-order valence-electron chi connectivity index (χ3n) is 3.70. The fraction of sp³-hybridized carbons (Fsp3) is 0. The molecule has 0 aromatic heterocycles. The highest BCUT2D eigenvalue weighted by Crippen LogP contribution is 2.48. The Kier molecular flexibility index (Phi) is 2.70. The van der Waals surface area contributed by atoms with Crippen LogP contribution in [-0.4, -0.2) is 0 Å². The third kappa shape index (κ3) is 1.47. The summed E-state index contributed by atoms with van der Waals surface area (Å²) in [4.78, 5) is 0. The van der Waals surface area contributed by atoms with Crippen molar-refractivity contribution in [3.8, 4) is 22.3 Å². The number of hydrogen-bond acceptors (Lipinski definition) is 2. The molecule has 0 aliphatic heterocycles. The van der Waals surface area contributed by atoms with Crippen LogP contribution in [0.25, 0.3) is 33.0 Å². The zero-order chi connectivity index (χ0) is 12.1. The van der Waals surface area contributed by atoms with Crippen LogP contribution in [0.1, 0.15) is 0 Å². The minimum absolute atomic E-state index is 0. The molecule has 0 amide bonds. The second kappa shape index (κ2) is 4.26. The van der Waals surface area contributed by atoms with E-state index in [1.165, 1.54) is 33.0 Å². The summed E-state index contributed by atoms with van der Waals surface area (Å²) in [5, 5.41) is 2.48. The Morgan fingerprint density at radius 1 is 0.684 bits per heavy atom. The van der Waals surface area contributed by atoms with E-state index in [9.17, 15) is 0 Å². The molecule has 3 aromatic rings. The Bertz CT molecular complexity index is 752. The van der Waals surface area contributed by atoms with E-state index in [4.69, 9.17) is 5.84 Å². The Morgan fingerprint density at radius 3 is 2.00 bits per heavy atom. The first kappa shape index (κ1) is 12.0. The van der Waals surface area contributed by atoms with E-state index < -0.39 is 0 Å². The molecule has 0 saturated carbocycles. The summed E-state index contributed by atoms with van der Waals surface area (Å²) in [5.74, 6) is 5.59. The van der Waals surface area contributed by atoms with Gasteiger partial charge in [-0.05, 0) is 33.7 Å². The number of nitrogens with one attached hydrogen (secondary N) is 1. The molecule has 0 bridgehead atoms. The Morgan fingerprint density at radius 2 is 1.32 bits per heavy atom. The molecule has 2 nitrogen and oxygen atoms in total. The molecule has 1 aliphatic carbocycles. The van der Waals surface area contributed by atoms with Gasteiger partial charge in [0.15, 0.2) is 0 Å². The van der Waals surface area contributed by atoms with Gasteiger partial charge < -0.3 is 5.43 Å². The lowest BCUT2D eigenvalue weighted by Crippen LogP contribution is -2.06. The molecule has 19 heavy (non-hydrogen) atoms. The largest absolute Gasteiger partial charge is 0.324 e. The summed E-state index contributed by atoms with van der Waals surface area (Å²) in [7, 11) is 0. The van der Waals surface area contributed by atoms with Crippen LogP contribution >= 0.6 is 12.4 Å². The summed E-state index contributed by atoms with van der Waals surface area (Å²) < 4.78 is 0. The maximum atomic E-state index is 5.59. The fourth-order valence-corrected chi connectivity index (χ4v) is 2.93. The summed E-state index contributed by atoms with van der Waals surface area (Å²) in [6, 6.07) is 19.1. The van der Waals surface area contributed by atoms with Crippen molar-refractivity contribution in [1.29, 1.82) is 0 Å². The first-order chi connectivity index (χ1) is 8.90. The van der Waals surface area contributed by atoms with Gasteiger partial charge in [-0.25, -0.2) is 0 Å². The van der Waals surface area contributed by atoms with Gasteiger partial charge >= 0.3 is 0 Å². The zero-order valence-corrected chi connectivity index (χ0v) is 11.0. The van der Waals surface area contributed by atoms with E-state index in [2.05, 4.69) is 54.0 Å². The number of benzene rings is 3. The number of hydrazine groups is 1. The molecule has 1 aliphatic rings. The van der Waals surface area contributed by atoms with E-state index in [-0.39, 0.29) is 12.4 Å². The number of halogens is 1. The minimum atomic E-state index is 0. The number of nitrogens with two attached hydrogens (primary N) is 1. The van der Waals surface area contributed by atoms with Crippen LogP contribution in [0.2, 0.25) is 0 Å². The molecule has 94 valence electrons. The van der Waals surface area contributed by atoms with Crippen LogP contribution in [0, 0.1) is 0 Å². The van der Waals surface area contributed by atoms with Gasteiger partial charge in [0, 0.05) is 5.39 Å². The standard InChI is InChI=1S/C16H12N2.ClH/c17-18-15-9-8-13-11-5-2-1-4-10(11)12-6-3-7-14(15)16(12)13;/h1-9,18H,17H2;1H. The molecule has 0 fully saturated rings. The van der Waals surface area contributed by atoms with Crippen LogP contribution in [0.4, 0.5) is 5.69 Å². The molecule has 3 aromatic carbocycles. The van der Waals surface area contributed by atoms with Gasteiger partial charge in [0.2, 0.25) is 0 Å². The third-order valence-corrected chi connectivity index (χ3v) is 3.70. The average molecular weight is 269 g/mol. The normalized spacial score (nSPS) is 11.0.